The average Bonchev–Trinajstić information content (AvgIpc) is 3.13. The first kappa shape index (κ1) is 17.4. The number of hydrogen-bond donors (Lipinski definition) is 2. The number of thiophene rings is 1. The van der Waals surface area contributed by atoms with Crippen molar-refractivity contribution >= 4 is 28.8 Å². The Morgan fingerprint density at radius 2 is 2.07 bits per heavy atom. The standard InChI is InChI=1S/C19H18N4O3S/c24-16(7-8-17-22-18(23-26-17)12-9-10-27-11-12)21-15-4-2-1-3-14(15)19(25)20-13-5-6-13/h1-4,9-11,13H,5-8H2,(H,20,25)(H,21,24). The van der Waals surface area contributed by atoms with E-state index in [9.17, 15) is 9.59 Å². The first-order valence-electron chi connectivity index (χ1n) is 8.74. The van der Waals surface area contributed by atoms with E-state index in [1.54, 1.807) is 35.6 Å². The van der Waals surface area contributed by atoms with Crippen LogP contribution in [-0.2, 0) is 11.2 Å². The first-order chi connectivity index (χ1) is 13.2. The molecule has 0 aliphatic heterocycles. The maximum atomic E-state index is 12.3. The van der Waals surface area contributed by atoms with E-state index < -0.39 is 0 Å². The minimum absolute atomic E-state index is 0.161. The molecule has 2 aromatic heterocycles. The molecule has 7 nitrogen and oxygen atoms in total. The molecule has 1 aliphatic rings. The molecular weight excluding hydrogens is 364 g/mol. The van der Waals surface area contributed by atoms with Crippen LogP contribution in [0.1, 0.15) is 35.5 Å². The van der Waals surface area contributed by atoms with Crippen molar-refractivity contribution in [3.8, 4) is 11.4 Å². The molecule has 0 unspecified atom stereocenters. The Morgan fingerprint density at radius 3 is 2.85 bits per heavy atom. The molecule has 0 saturated heterocycles. The zero-order chi connectivity index (χ0) is 18.6. The second-order valence-electron chi connectivity index (χ2n) is 6.37. The molecule has 2 heterocycles. The van der Waals surface area contributed by atoms with Gasteiger partial charge in [0.1, 0.15) is 0 Å². The second kappa shape index (κ2) is 7.71. The summed E-state index contributed by atoms with van der Waals surface area (Å²) >= 11 is 1.56. The Labute approximate surface area is 159 Å². The van der Waals surface area contributed by atoms with Crippen LogP contribution < -0.4 is 10.6 Å². The van der Waals surface area contributed by atoms with Crippen molar-refractivity contribution in [3.63, 3.8) is 0 Å². The zero-order valence-corrected chi connectivity index (χ0v) is 15.3. The van der Waals surface area contributed by atoms with E-state index in [4.69, 9.17) is 4.52 Å². The molecule has 0 spiro atoms. The van der Waals surface area contributed by atoms with Gasteiger partial charge in [-0.1, -0.05) is 17.3 Å². The molecule has 138 valence electrons. The minimum atomic E-state index is -0.211. The van der Waals surface area contributed by atoms with E-state index in [1.165, 1.54) is 0 Å². The summed E-state index contributed by atoms with van der Waals surface area (Å²) in [4.78, 5) is 28.9. The highest BCUT2D eigenvalue weighted by Crippen LogP contribution is 2.22. The molecule has 8 heteroatoms. The van der Waals surface area contributed by atoms with Crippen molar-refractivity contribution in [2.45, 2.75) is 31.7 Å². The van der Waals surface area contributed by atoms with Crippen LogP contribution in [0.25, 0.3) is 11.4 Å². The summed E-state index contributed by atoms with van der Waals surface area (Å²) in [6.07, 6.45) is 2.54. The Kier molecular flexibility index (Phi) is 4.97. The van der Waals surface area contributed by atoms with Crippen molar-refractivity contribution in [2.24, 2.45) is 0 Å². The number of carbonyl (C=O) groups is 2. The van der Waals surface area contributed by atoms with E-state index in [0.29, 0.717) is 29.4 Å². The van der Waals surface area contributed by atoms with Gasteiger partial charge in [-0.05, 0) is 36.4 Å². The highest BCUT2D eigenvalue weighted by atomic mass is 32.1. The fourth-order valence-corrected chi connectivity index (χ4v) is 3.21. The third kappa shape index (κ3) is 4.40. The lowest BCUT2D eigenvalue weighted by Crippen LogP contribution is -2.27. The number of anilines is 1. The van der Waals surface area contributed by atoms with E-state index in [0.717, 1.165) is 18.4 Å². The molecule has 4 rings (SSSR count). The highest BCUT2D eigenvalue weighted by molar-refractivity contribution is 7.08. The van der Waals surface area contributed by atoms with Crippen molar-refractivity contribution in [3.05, 3.63) is 52.5 Å². The van der Waals surface area contributed by atoms with Crippen molar-refractivity contribution < 1.29 is 14.1 Å². The number of carbonyl (C=O) groups excluding carboxylic acids is 2. The Hall–Kier alpha value is -3.00. The SMILES string of the molecule is O=C(CCc1nc(-c2ccsc2)no1)Nc1ccccc1C(=O)NC1CC1. The van der Waals surface area contributed by atoms with E-state index in [2.05, 4.69) is 20.8 Å². The maximum Gasteiger partial charge on any atom is 0.253 e. The molecule has 3 aromatic rings. The number of aryl methyl sites for hydroxylation is 1. The summed E-state index contributed by atoms with van der Waals surface area (Å²) in [6.45, 7) is 0. The van der Waals surface area contributed by atoms with Gasteiger partial charge in [-0.3, -0.25) is 9.59 Å². The van der Waals surface area contributed by atoms with E-state index >= 15 is 0 Å². The summed E-state index contributed by atoms with van der Waals surface area (Å²) in [6, 6.07) is 9.17. The number of hydrogen-bond acceptors (Lipinski definition) is 6. The van der Waals surface area contributed by atoms with Gasteiger partial charge in [0.05, 0.1) is 11.3 Å². The van der Waals surface area contributed by atoms with Gasteiger partial charge < -0.3 is 15.2 Å². The van der Waals surface area contributed by atoms with Crippen molar-refractivity contribution in [1.29, 1.82) is 0 Å². The Morgan fingerprint density at radius 1 is 1.22 bits per heavy atom. The van der Waals surface area contributed by atoms with E-state index in [1.807, 2.05) is 16.8 Å². The quantitative estimate of drug-likeness (QED) is 0.654. The second-order valence-corrected chi connectivity index (χ2v) is 7.15. The van der Waals surface area contributed by atoms with Gasteiger partial charge in [0.25, 0.3) is 5.91 Å². The molecule has 2 amide bonds. The summed E-state index contributed by atoms with van der Waals surface area (Å²) in [5.41, 5.74) is 1.87. The molecule has 0 atom stereocenters. The smallest absolute Gasteiger partial charge is 0.253 e. The summed E-state index contributed by atoms with van der Waals surface area (Å²) < 4.78 is 5.20. The van der Waals surface area contributed by atoms with Gasteiger partial charge in [0.15, 0.2) is 0 Å². The molecule has 1 saturated carbocycles. The van der Waals surface area contributed by atoms with Crippen molar-refractivity contribution in [2.75, 3.05) is 5.32 Å². The lowest BCUT2D eigenvalue weighted by molar-refractivity contribution is -0.116. The summed E-state index contributed by atoms with van der Waals surface area (Å²) in [5.74, 6) is 0.558. The number of nitrogens with one attached hydrogen (secondary N) is 2. The summed E-state index contributed by atoms with van der Waals surface area (Å²) in [7, 11) is 0. The van der Waals surface area contributed by atoms with Gasteiger partial charge in [-0.15, -0.1) is 0 Å². The van der Waals surface area contributed by atoms with Gasteiger partial charge in [-0.2, -0.15) is 16.3 Å². The predicted octanol–water partition coefficient (Wildman–Crippen LogP) is 3.26. The highest BCUT2D eigenvalue weighted by Gasteiger charge is 2.25. The number of para-hydroxylation sites is 1. The van der Waals surface area contributed by atoms with Crippen molar-refractivity contribution in [1.82, 2.24) is 15.5 Å². The molecule has 0 radical (unpaired) electrons. The molecule has 1 aliphatic carbocycles. The number of benzene rings is 1. The van der Waals surface area contributed by atoms with Crippen LogP contribution in [0, 0.1) is 0 Å². The lowest BCUT2D eigenvalue weighted by atomic mass is 10.1. The van der Waals surface area contributed by atoms with E-state index in [-0.39, 0.29) is 24.3 Å². The molecule has 0 bridgehead atoms. The van der Waals surface area contributed by atoms with Crippen LogP contribution >= 0.6 is 11.3 Å². The van der Waals surface area contributed by atoms with Crippen LogP contribution in [0.5, 0.6) is 0 Å². The molecule has 1 fully saturated rings. The zero-order valence-electron chi connectivity index (χ0n) is 14.5. The third-order valence-electron chi connectivity index (χ3n) is 4.17. The van der Waals surface area contributed by atoms with Gasteiger partial charge in [0.2, 0.25) is 17.6 Å². The molecule has 2 N–H and O–H groups in total. The normalized spacial score (nSPS) is 13.3. The Balaban J connectivity index is 1.35. The number of amides is 2. The molecule has 27 heavy (non-hydrogen) atoms. The van der Waals surface area contributed by atoms with Gasteiger partial charge in [-0.25, -0.2) is 0 Å². The average molecular weight is 382 g/mol. The Bertz CT molecular complexity index is 948. The summed E-state index contributed by atoms with van der Waals surface area (Å²) in [5, 5.41) is 13.5. The van der Waals surface area contributed by atoms with Gasteiger partial charge >= 0.3 is 0 Å². The number of aromatic nitrogens is 2. The van der Waals surface area contributed by atoms with Gasteiger partial charge in [0, 0.05) is 29.8 Å². The largest absolute Gasteiger partial charge is 0.349 e. The fraction of sp³-hybridized carbons (Fsp3) is 0.263. The first-order valence-corrected chi connectivity index (χ1v) is 9.68. The number of rotatable bonds is 7. The molecular formula is C19H18N4O3S. The molecule has 1 aromatic carbocycles. The van der Waals surface area contributed by atoms with Crippen LogP contribution in [0.2, 0.25) is 0 Å². The van der Waals surface area contributed by atoms with Crippen LogP contribution in [0.15, 0.2) is 45.6 Å². The van der Waals surface area contributed by atoms with Crippen LogP contribution in [-0.4, -0.2) is 28.0 Å². The van der Waals surface area contributed by atoms with Crippen LogP contribution in [0.3, 0.4) is 0 Å². The van der Waals surface area contributed by atoms with Crippen LogP contribution in [0.4, 0.5) is 5.69 Å². The maximum absolute atomic E-state index is 12.3. The lowest BCUT2D eigenvalue weighted by Gasteiger charge is -2.10. The third-order valence-corrected chi connectivity index (χ3v) is 4.85. The predicted molar refractivity (Wildman–Crippen MR) is 101 cm³/mol. The number of nitrogens with zero attached hydrogens (tertiary/aromatic N) is 2. The minimum Gasteiger partial charge on any atom is -0.349 e. The monoisotopic (exact) mass is 382 g/mol. The fourth-order valence-electron chi connectivity index (χ4n) is 2.58. The topological polar surface area (TPSA) is 97.1 Å².